The molecule has 2 rings (SSSR count). The monoisotopic (exact) mass is 315 g/mol. The topological polar surface area (TPSA) is 12.0 Å². The van der Waals surface area contributed by atoms with Gasteiger partial charge in [0.25, 0.3) is 0 Å². The molecule has 2 aromatic heterocycles. The van der Waals surface area contributed by atoms with E-state index in [-0.39, 0.29) is 0 Å². The second-order valence-electron chi connectivity index (χ2n) is 3.56. The summed E-state index contributed by atoms with van der Waals surface area (Å²) in [6.07, 6.45) is 1.08. The fraction of sp³-hybridized carbons (Fsp3) is 0.333. The van der Waals surface area contributed by atoms with Crippen molar-refractivity contribution in [2.24, 2.45) is 0 Å². The molecule has 0 bridgehead atoms. The molecule has 0 spiro atoms. The van der Waals surface area contributed by atoms with Crippen LogP contribution in [0.25, 0.3) is 0 Å². The van der Waals surface area contributed by atoms with Gasteiger partial charge in [0.2, 0.25) is 0 Å². The lowest BCUT2D eigenvalue weighted by molar-refractivity contribution is 0.561. The Hall–Kier alpha value is -0.160. The molecule has 1 nitrogen and oxygen atoms in total. The van der Waals surface area contributed by atoms with Crippen molar-refractivity contribution in [1.29, 1.82) is 0 Å². The number of rotatable bonds is 5. The van der Waals surface area contributed by atoms with E-state index in [1.165, 1.54) is 14.2 Å². The molecule has 0 radical (unpaired) electrons. The highest BCUT2D eigenvalue weighted by atomic mass is 79.9. The van der Waals surface area contributed by atoms with Crippen molar-refractivity contribution in [1.82, 2.24) is 5.32 Å². The Morgan fingerprint density at radius 3 is 2.88 bits per heavy atom. The third-order valence-corrected chi connectivity index (χ3v) is 5.07. The van der Waals surface area contributed by atoms with Crippen LogP contribution in [0.15, 0.2) is 33.4 Å². The van der Waals surface area contributed by atoms with Crippen molar-refractivity contribution >= 4 is 38.6 Å². The molecule has 16 heavy (non-hydrogen) atoms. The molecular weight excluding hydrogens is 302 g/mol. The Balaban J connectivity index is 2.11. The van der Waals surface area contributed by atoms with Crippen molar-refractivity contribution in [3.8, 4) is 0 Å². The predicted octanol–water partition coefficient (Wildman–Crippen LogP) is 4.47. The normalized spacial score (nSPS) is 12.9. The molecule has 0 aliphatic rings. The smallest absolute Gasteiger partial charge is 0.0463 e. The zero-order valence-electron chi connectivity index (χ0n) is 9.07. The van der Waals surface area contributed by atoms with E-state index in [4.69, 9.17) is 0 Å². The molecule has 0 saturated carbocycles. The van der Waals surface area contributed by atoms with E-state index < -0.39 is 0 Å². The number of likely N-dealkylation sites (N-methyl/N-ethyl adjacent to an activating group) is 1. The van der Waals surface area contributed by atoms with E-state index in [0.717, 1.165) is 13.0 Å². The standard InChI is InChI=1S/C12H14BrNS2/c1-2-14-11(7-10-4-3-5-15-10)12-6-9(13)8-16-12/h3-6,8,11,14H,2,7H2,1H3. The zero-order valence-corrected chi connectivity index (χ0v) is 12.3. The van der Waals surface area contributed by atoms with Gasteiger partial charge in [-0.05, 0) is 40.0 Å². The highest BCUT2D eigenvalue weighted by Gasteiger charge is 2.13. The lowest BCUT2D eigenvalue weighted by Gasteiger charge is -2.15. The van der Waals surface area contributed by atoms with Crippen LogP contribution in [0, 0.1) is 0 Å². The molecule has 1 atom stereocenters. The molecule has 0 amide bonds. The number of thiophene rings is 2. The van der Waals surface area contributed by atoms with Gasteiger partial charge in [0.05, 0.1) is 0 Å². The Morgan fingerprint density at radius 2 is 2.31 bits per heavy atom. The molecule has 4 heteroatoms. The van der Waals surface area contributed by atoms with Crippen molar-refractivity contribution in [2.45, 2.75) is 19.4 Å². The van der Waals surface area contributed by atoms with Crippen LogP contribution in [0.4, 0.5) is 0 Å². The third-order valence-electron chi connectivity index (χ3n) is 2.37. The van der Waals surface area contributed by atoms with Gasteiger partial charge in [0, 0.05) is 32.1 Å². The summed E-state index contributed by atoms with van der Waals surface area (Å²) >= 11 is 7.16. The average Bonchev–Trinajstić information content (AvgIpc) is 2.88. The number of hydrogen-bond acceptors (Lipinski definition) is 3. The van der Waals surface area contributed by atoms with Crippen LogP contribution in [0.1, 0.15) is 22.7 Å². The fourth-order valence-electron chi connectivity index (χ4n) is 1.66. The van der Waals surface area contributed by atoms with Crippen LogP contribution in [-0.4, -0.2) is 6.54 Å². The minimum absolute atomic E-state index is 0.444. The van der Waals surface area contributed by atoms with Gasteiger partial charge >= 0.3 is 0 Å². The van der Waals surface area contributed by atoms with Gasteiger partial charge in [-0.15, -0.1) is 22.7 Å². The van der Waals surface area contributed by atoms with Gasteiger partial charge in [0.1, 0.15) is 0 Å². The van der Waals surface area contributed by atoms with Crippen molar-refractivity contribution < 1.29 is 0 Å². The minimum Gasteiger partial charge on any atom is -0.309 e. The molecule has 0 fully saturated rings. The number of halogens is 1. The molecule has 0 aliphatic carbocycles. The molecule has 2 aromatic rings. The van der Waals surface area contributed by atoms with Gasteiger partial charge in [-0.1, -0.05) is 13.0 Å². The van der Waals surface area contributed by atoms with Gasteiger partial charge in [0.15, 0.2) is 0 Å². The Labute approximate surface area is 113 Å². The molecule has 0 saturated heterocycles. The van der Waals surface area contributed by atoms with Crippen molar-refractivity contribution in [3.63, 3.8) is 0 Å². The first-order valence-electron chi connectivity index (χ1n) is 5.29. The second kappa shape index (κ2) is 5.96. The summed E-state index contributed by atoms with van der Waals surface area (Å²) in [5, 5.41) is 7.84. The van der Waals surface area contributed by atoms with Crippen LogP contribution in [-0.2, 0) is 6.42 Å². The van der Waals surface area contributed by atoms with Gasteiger partial charge in [-0.25, -0.2) is 0 Å². The van der Waals surface area contributed by atoms with Gasteiger partial charge in [-0.3, -0.25) is 0 Å². The first kappa shape index (κ1) is 12.3. The lowest BCUT2D eigenvalue weighted by atomic mass is 10.1. The second-order valence-corrected chi connectivity index (χ2v) is 6.45. The summed E-state index contributed by atoms with van der Waals surface area (Å²) < 4.78 is 1.18. The van der Waals surface area contributed by atoms with Gasteiger partial charge < -0.3 is 5.32 Å². The third kappa shape index (κ3) is 3.17. The highest BCUT2D eigenvalue weighted by Crippen LogP contribution is 2.28. The molecule has 2 heterocycles. The molecule has 0 aromatic carbocycles. The molecule has 1 N–H and O–H groups in total. The summed E-state index contributed by atoms with van der Waals surface area (Å²) in [5.41, 5.74) is 0. The van der Waals surface area contributed by atoms with Crippen LogP contribution < -0.4 is 5.32 Å². The van der Waals surface area contributed by atoms with Crippen LogP contribution in [0.2, 0.25) is 0 Å². The predicted molar refractivity (Wildman–Crippen MR) is 76.5 cm³/mol. The summed E-state index contributed by atoms with van der Waals surface area (Å²) in [6.45, 7) is 3.16. The summed E-state index contributed by atoms with van der Waals surface area (Å²) in [6, 6.07) is 6.98. The van der Waals surface area contributed by atoms with Gasteiger partial charge in [-0.2, -0.15) is 0 Å². The number of nitrogens with one attached hydrogen (secondary N) is 1. The van der Waals surface area contributed by atoms with E-state index >= 15 is 0 Å². The Kier molecular flexibility index (Phi) is 4.58. The maximum absolute atomic E-state index is 3.55. The summed E-state index contributed by atoms with van der Waals surface area (Å²) in [5.74, 6) is 0. The van der Waals surface area contributed by atoms with E-state index in [9.17, 15) is 0 Å². The van der Waals surface area contributed by atoms with Crippen LogP contribution in [0.3, 0.4) is 0 Å². The fourth-order valence-corrected chi connectivity index (χ4v) is 3.93. The van der Waals surface area contributed by atoms with Crippen LogP contribution >= 0.6 is 38.6 Å². The van der Waals surface area contributed by atoms with E-state index in [2.05, 4.69) is 57.1 Å². The van der Waals surface area contributed by atoms with Crippen molar-refractivity contribution in [2.75, 3.05) is 6.54 Å². The molecule has 86 valence electrons. The van der Waals surface area contributed by atoms with E-state index in [0.29, 0.717) is 6.04 Å². The molecule has 1 unspecified atom stereocenters. The first-order valence-corrected chi connectivity index (χ1v) is 7.84. The SMILES string of the molecule is CCNC(Cc1cccs1)c1cc(Br)cs1. The van der Waals surface area contributed by atoms with E-state index in [1.807, 2.05) is 22.7 Å². The average molecular weight is 316 g/mol. The van der Waals surface area contributed by atoms with Crippen LogP contribution in [0.5, 0.6) is 0 Å². The summed E-state index contributed by atoms with van der Waals surface area (Å²) in [4.78, 5) is 2.84. The highest BCUT2D eigenvalue weighted by molar-refractivity contribution is 9.10. The number of hydrogen-bond donors (Lipinski definition) is 1. The quantitative estimate of drug-likeness (QED) is 0.858. The van der Waals surface area contributed by atoms with Crippen molar-refractivity contribution in [3.05, 3.63) is 43.2 Å². The Morgan fingerprint density at radius 1 is 1.44 bits per heavy atom. The van der Waals surface area contributed by atoms with E-state index in [1.54, 1.807) is 0 Å². The lowest BCUT2D eigenvalue weighted by Crippen LogP contribution is -2.21. The molecule has 0 aliphatic heterocycles. The Bertz CT molecular complexity index is 422. The first-order chi connectivity index (χ1) is 7.79. The summed E-state index contributed by atoms with van der Waals surface area (Å²) in [7, 11) is 0. The maximum Gasteiger partial charge on any atom is 0.0463 e. The largest absolute Gasteiger partial charge is 0.309 e. The molecular formula is C12H14BrNS2. The maximum atomic E-state index is 3.55. The zero-order chi connectivity index (χ0) is 11.4. The minimum atomic E-state index is 0.444.